The smallest absolute Gasteiger partial charge is 0.0984 e. The van der Waals surface area contributed by atoms with Crippen LogP contribution in [-0.4, -0.2) is 4.98 Å². The number of aryl methyl sites for hydroxylation is 1. The Morgan fingerprint density at radius 1 is 1.42 bits per heavy atom. The van der Waals surface area contributed by atoms with Crippen LogP contribution in [0.1, 0.15) is 36.3 Å². The lowest BCUT2D eigenvalue weighted by atomic mass is 9.98. The number of thiazole rings is 1. The van der Waals surface area contributed by atoms with Gasteiger partial charge in [0.2, 0.25) is 0 Å². The predicted octanol–water partition coefficient (Wildman–Crippen LogP) is 2.21. The summed E-state index contributed by atoms with van der Waals surface area (Å²) in [5.74, 6) is 0. The van der Waals surface area contributed by atoms with E-state index in [1.165, 1.54) is 9.88 Å². The molecule has 0 saturated heterocycles. The van der Waals surface area contributed by atoms with Gasteiger partial charge in [0.25, 0.3) is 0 Å². The van der Waals surface area contributed by atoms with Crippen LogP contribution in [0.25, 0.3) is 0 Å². The van der Waals surface area contributed by atoms with Crippen molar-refractivity contribution in [2.24, 2.45) is 5.73 Å². The highest BCUT2D eigenvalue weighted by Gasteiger charge is 2.19. The Balaban J connectivity index is 3.05. The van der Waals surface area contributed by atoms with Gasteiger partial charge in [0.15, 0.2) is 0 Å². The van der Waals surface area contributed by atoms with Gasteiger partial charge < -0.3 is 5.73 Å². The van der Waals surface area contributed by atoms with Gasteiger partial charge in [-0.25, -0.2) is 4.98 Å². The van der Waals surface area contributed by atoms with E-state index < -0.39 is 0 Å². The van der Waals surface area contributed by atoms with E-state index in [0.29, 0.717) is 6.54 Å². The first-order chi connectivity index (χ1) is 5.45. The second-order valence-corrected chi connectivity index (χ2v) is 5.07. The average molecular weight is 184 g/mol. The number of hydrogen-bond acceptors (Lipinski definition) is 3. The third kappa shape index (κ3) is 1.84. The first-order valence-electron chi connectivity index (χ1n) is 4.12. The quantitative estimate of drug-likeness (QED) is 0.726. The van der Waals surface area contributed by atoms with Crippen LogP contribution < -0.4 is 5.73 Å². The average Bonchev–Trinajstić information content (AvgIpc) is 2.29. The minimum Gasteiger partial charge on any atom is -0.326 e. The van der Waals surface area contributed by atoms with Crippen LogP contribution in [0.3, 0.4) is 0 Å². The number of hydrogen-bond donors (Lipinski definition) is 1. The van der Waals surface area contributed by atoms with Crippen LogP contribution in [0.4, 0.5) is 0 Å². The second-order valence-electron chi connectivity index (χ2n) is 3.98. The summed E-state index contributed by atoms with van der Waals surface area (Å²) in [6, 6.07) is 0. The van der Waals surface area contributed by atoms with Gasteiger partial charge in [0.1, 0.15) is 0 Å². The number of rotatable bonds is 1. The minimum absolute atomic E-state index is 0.156. The number of nitrogens with zero attached hydrogens (tertiary/aromatic N) is 1. The molecule has 0 radical (unpaired) electrons. The van der Waals surface area contributed by atoms with Gasteiger partial charge in [0.05, 0.1) is 10.7 Å². The Bertz CT molecular complexity index is 271. The van der Waals surface area contributed by atoms with E-state index in [2.05, 4.69) is 25.8 Å². The summed E-state index contributed by atoms with van der Waals surface area (Å²) in [7, 11) is 0. The summed E-state index contributed by atoms with van der Waals surface area (Å²) < 4.78 is 0. The van der Waals surface area contributed by atoms with E-state index in [0.717, 1.165) is 5.69 Å². The van der Waals surface area contributed by atoms with Crippen molar-refractivity contribution in [1.29, 1.82) is 0 Å². The monoisotopic (exact) mass is 184 g/mol. The Kier molecular flexibility index (Phi) is 2.54. The topological polar surface area (TPSA) is 38.9 Å². The van der Waals surface area contributed by atoms with Crippen molar-refractivity contribution in [1.82, 2.24) is 4.98 Å². The molecule has 1 rings (SSSR count). The molecule has 2 N–H and O–H groups in total. The van der Waals surface area contributed by atoms with Crippen LogP contribution in [-0.2, 0) is 12.0 Å². The van der Waals surface area contributed by atoms with Crippen LogP contribution in [0.2, 0.25) is 0 Å². The summed E-state index contributed by atoms with van der Waals surface area (Å²) in [6.45, 7) is 9.15. The first-order valence-corrected chi connectivity index (χ1v) is 4.93. The molecule has 1 aromatic heterocycles. The zero-order valence-corrected chi connectivity index (χ0v) is 8.96. The van der Waals surface area contributed by atoms with Crippen molar-refractivity contribution in [2.75, 3.05) is 0 Å². The number of nitrogens with two attached hydrogens (primary N) is 1. The lowest BCUT2D eigenvalue weighted by Gasteiger charge is -2.13. The molecule has 3 heteroatoms. The predicted molar refractivity (Wildman–Crippen MR) is 53.4 cm³/mol. The molecular weight excluding hydrogens is 168 g/mol. The molecule has 0 aromatic carbocycles. The van der Waals surface area contributed by atoms with Gasteiger partial charge in [-0.15, -0.1) is 11.3 Å². The van der Waals surface area contributed by atoms with Crippen LogP contribution in [0.5, 0.6) is 0 Å². The fourth-order valence-electron chi connectivity index (χ4n) is 0.938. The molecule has 0 unspecified atom stereocenters. The molecule has 12 heavy (non-hydrogen) atoms. The van der Waals surface area contributed by atoms with E-state index in [1.807, 2.05) is 6.92 Å². The molecule has 0 aliphatic heterocycles. The molecular formula is C9H16N2S. The molecule has 0 spiro atoms. The van der Waals surface area contributed by atoms with Crippen molar-refractivity contribution in [3.8, 4) is 0 Å². The fraction of sp³-hybridized carbons (Fsp3) is 0.667. The van der Waals surface area contributed by atoms with Gasteiger partial charge in [-0.05, 0) is 6.92 Å². The van der Waals surface area contributed by atoms with E-state index in [9.17, 15) is 0 Å². The van der Waals surface area contributed by atoms with Crippen molar-refractivity contribution >= 4 is 11.3 Å². The van der Waals surface area contributed by atoms with Crippen molar-refractivity contribution < 1.29 is 0 Å². The highest BCUT2D eigenvalue weighted by Crippen LogP contribution is 2.28. The Morgan fingerprint density at radius 3 is 2.25 bits per heavy atom. The van der Waals surface area contributed by atoms with Crippen LogP contribution in [0, 0.1) is 6.92 Å². The van der Waals surface area contributed by atoms with Crippen molar-refractivity contribution in [3.63, 3.8) is 0 Å². The molecule has 0 bridgehead atoms. The summed E-state index contributed by atoms with van der Waals surface area (Å²) in [5, 5.41) is 1.18. The van der Waals surface area contributed by atoms with Gasteiger partial charge in [-0.1, -0.05) is 20.8 Å². The molecule has 0 aliphatic carbocycles. The molecule has 1 aromatic rings. The van der Waals surface area contributed by atoms with E-state index in [-0.39, 0.29) is 5.41 Å². The normalized spacial score (nSPS) is 12.1. The number of aromatic nitrogens is 1. The maximum Gasteiger partial charge on any atom is 0.0984 e. The van der Waals surface area contributed by atoms with E-state index >= 15 is 0 Å². The molecule has 1 heterocycles. The second kappa shape index (κ2) is 3.15. The summed E-state index contributed by atoms with van der Waals surface area (Å²) in [5.41, 5.74) is 6.82. The van der Waals surface area contributed by atoms with E-state index in [1.54, 1.807) is 11.3 Å². The zero-order chi connectivity index (χ0) is 9.35. The first kappa shape index (κ1) is 9.68. The van der Waals surface area contributed by atoms with Crippen molar-refractivity contribution in [2.45, 2.75) is 39.7 Å². The molecule has 0 fully saturated rings. The summed E-state index contributed by atoms with van der Waals surface area (Å²) >= 11 is 1.73. The molecule has 0 atom stereocenters. The van der Waals surface area contributed by atoms with Gasteiger partial charge in [-0.2, -0.15) is 0 Å². The van der Waals surface area contributed by atoms with Crippen LogP contribution in [0.15, 0.2) is 0 Å². The van der Waals surface area contributed by atoms with Gasteiger partial charge >= 0.3 is 0 Å². The Labute approximate surface area is 77.8 Å². The molecule has 0 aliphatic rings. The van der Waals surface area contributed by atoms with Gasteiger partial charge in [-0.3, -0.25) is 0 Å². The molecule has 0 saturated carbocycles. The third-order valence-corrected chi connectivity index (χ3v) is 3.33. The Morgan fingerprint density at radius 2 is 2.00 bits per heavy atom. The SMILES string of the molecule is Cc1nc(C(C)(C)C)sc1CN. The summed E-state index contributed by atoms with van der Waals surface area (Å²) in [4.78, 5) is 5.70. The largest absolute Gasteiger partial charge is 0.326 e. The highest BCUT2D eigenvalue weighted by atomic mass is 32.1. The van der Waals surface area contributed by atoms with Gasteiger partial charge in [0, 0.05) is 16.8 Å². The maximum absolute atomic E-state index is 5.58. The summed E-state index contributed by atoms with van der Waals surface area (Å²) in [6.07, 6.45) is 0. The molecule has 68 valence electrons. The minimum atomic E-state index is 0.156. The molecule has 2 nitrogen and oxygen atoms in total. The zero-order valence-electron chi connectivity index (χ0n) is 8.14. The Hall–Kier alpha value is -0.410. The standard InChI is InChI=1S/C9H16N2S/c1-6-7(5-10)12-8(11-6)9(2,3)4/h5,10H2,1-4H3. The highest BCUT2D eigenvalue weighted by molar-refractivity contribution is 7.11. The molecule has 0 amide bonds. The lowest BCUT2D eigenvalue weighted by Crippen LogP contribution is -2.10. The maximum atomic E-state index is 5.58. The lowest BCUT2D eigenvalue weighted by molar-refractivity contribution is 0.584. The van der Waals surface area contributed by atoms with E-state index in [4.69, 9.17) is 5.73 Å². The van der Waals surface area contributed by atoms with Crippen LogP contribution >= 0.6 is 11.3 Å². The third-order valence-electron chi connectivity index (χ3n) is 1.72. The fourth-order valence-corrected chi connectivity index (χ4v) is 1.94. The van der Waals surface area contributed by atoms with Crippen molar-refractivity contribution in [3.05, 3.63) is 15.6 Å².